The van der Waals surface area contributed by atoms with Gasteiger partial charge in [-0.1, -0.05) is 0 Å². The second-order valence-corrected chi connectivity index (χ2v) is 5.24. The van der Waals surface area contributed by atoms with Crippen LogP contribution in [0.4, 0.5) is 5.82 Å². The van der Waals surface area contributed by atoms with Crippen LogP contribution in [-0.2, 0) is 9.57 Å². The van der Waals surface area contributed by atoms with Crippen LogP contribution in [0.15, 0.2) is 12.7 Å². The van der Waals surface area contributed by atoms with Crippen molar-refractivity contribution in [2.45, 2.75) is 24.5 Å². The summed E-state index contributed by atoms with van der Waals surface area (Å²) in [5.41, 5.74) is 6.58. The molecule has 0 radical (unpaired) electrons. The van der Waals surface area contributed by atoms with Gasteiger partial charge in [-0.2, -0.15) is 5.06 Å². The van der Waals surface area contributed by atoms with Gasteiger partial charge in [0.05, 0.1) is 12.9 Å². The molecule has 0 saturated carbocycles. The largest absolute Gasteiger partial charge is 0.387 e. The summed E-state index contributed by atoms with van der Waals surface area (Å²) in [5, 5.41) is 21.8. The molecule has 120 valence electrons. The van der Waals surface area contributed by atoms with Crippen molar-refractivity contribution in [1.82, 2.24) is 24.6 Å². The molecule has 10 heteroatoms. The van der Waals surface area contributed by atoms with E-state index in [9.17, 15) is 10.2 Å². The lowest BCUT2D eigenvalue weighted by molar-refractivity contribution is -0.165. The van der Waals surface area contributed by atoms with Gasteiger partial charge in [0.2, 0.25) is 0 Å². The van der Waals surface area contributed by atoms with E-state index >= 15 is 0 Å². The maximum atomic E-state index is 10.2. The molecule has 3 heterocycles. The Labute approximate surface area is 126 Å². The molecule has 22 heavy (non-hydrogen) atoms. The summed E-state index contributed by atoms with van der Waals surface area (Å²) in [6.07, 6.45) is -0.957. The molecule has 4 atom stereocenters. The highest BCUT2D eigenvalue weighted by molar-refractivity contribution is 5.81. The van der Waals surface area contributed by atoms with Gasteiger partial charge in [-0.15, -0.1) is 0 Å². The van der Waals surface area contributed by atoms with Gasteiger partial charge in [0.15, 0.2) is 17.7 Å². The van der Waals surface area contributed by atoms with E-state index in [0.717, 1.165) is 0 Å². The third kappa shape index (κ3) is 2.51. The van der Waals surface area contributed by atoms with Crippen LogP contribution in [0.5, 0.6) is 0 Å². The minimum atomic E-state index is -1.13. The standard InChI is InChI=1S/C12H18N6O4/c1-17(2)21-3-6-8(19)9(20)12(22-6)18-5-16-7-10(13)14-4-15-11(7)18/h4-6,8-9,12,19-20H,3H2,1-2H3,(H2,13,14,15)/t6-,8-,9-,12-/m1/s1. The van der Waals surface area contributed by atoms with Gasteiger partial charge in [0.25, 0.3) is 0 Å². The molecule has 2 aromatic rings. The van der Waals surface area contributed by atoms with Crippen molar-refractivity contribution in [2.75, 3.05) is 26.4 Å². The Morgan fingerprint density at radius 1 is 1.32 bits per heavy atom. The van der Waals surface area contributed by atoms with Crippen LogP contribution in [0.1, 0.15) is 6.23 Å². The molecule has 1 saturated heterocycles. The smallest absolute Gasteiger partial charge is 0.167 e. The highest BCUT2D eigenvalue weighted by atomic mass is 16.7. The quantitative estimate of drug-likeness (QED) is 0.578. The second kappa shape index (κ2) is 5.74. The van der Waals surface area contributed by atoms with Gasteiger partial charge in [-0.25, -0.2) is 15.0 Å². The SMILES string of the molecule is CN(C)OC[C@H]1O[C@@H](n2cnc3c(N)ncnc32)[C@H](O)[C@@H]1O. The summed E-state index contributed by atoms with van der Waals surface area (Å²) in [6.45, 7) is 0.117. The van der Waals surface area contributed by atoms with E-state index in [0.29, 0.717) is 11.2 Å². The monoisotopic (exact) mass is 310 g/mol. The van der Waals surface area contributed by atoms with E-state index in [4.69, 9.17) is 15.3 Å². The van der Waals surface area contributed by atoms with Crippen molar-refractivity contribution in [1.29, 1.82) is 0 Å². The third-order valence-electron chi connectivity index (χ3n) is 3.50. The number of anilines is 1. The van der Waals surface area contributed by atoms with Crippen LogP contribution in [-0.4, -0.2) is 73.8 Å². The van der Waals surface area contributed by atoms with Crippen LogP contribution >= 0.6 is 0 Å². The number of fused-ring (bicyclic) bond motifs is 1. The number of imidazole rings is 1. The minimum absolute atomic E-state index is 0.117. The fourth-order valence-corrected chi connectivity index (χ4v) is 2.38. The molecule has 0 spiro atoms. The Bertz CT molecular complexity index is 662. The lowest BCUT2D eigenvalue weighted by Gasteiger charge is -2.17. The highest BCUT2D eigenvalue weighted by Crippen LogP contribution is 2.32. The molecule has 3 rings (SSSR count). The van der Waals surface area contributed by atoms with Crippen molar-refractivity contribution in [3.8, 4) is 0 Å². The number of aliphatic hydroxyl groups is 2. The normalized spacial score (nSPS) is 28.8. The average molecular weight is 310 g/mol. The number of hydroxylamine groups is 2. The van der Waals surface area contributed by atoms with Crippen molar-refractivity contribution in [2.24, 2.45) is 0 Å². The van der Waals surface area contributed by atoms with Gasteiger partial charge >= 0.3 is 0 Å². The molecule has 1 aliphatic rings. The fourth-order valence-electron chi connectivity index (χ4n) is 2.38. The van der Waals surface area contributed by atoms with Crippen molar-refractivity contribution in [3.05, 3.63) is 12.7 Å². The zero-order valence-electron chi connectivity index (χ0n) is 12.2. The Morgan fingerprint density at radius 3 is 2.82 bits per heavy atom. The first-order valence-corrected chi connectivity index (χ1v) is 6.74. The Kier molecular flexibility index (Phi) is 3.93. The van der Waals surface area contributed by atoms with Crippen LogP contribution < -0.4 is 5.73 Å². The molecule has 0 unspecified atom stereocenters. The van der Waals surface area contributed by atoms with E-state index in [1.807, 2.05) is 0 Å². The molecule has 1 fully saturated rings. The fraction of sp³-hybridized carbons (Fsp3) is 0.583. The third-order valence-corrected chi connectivity index (χ3v) is 3.50. The van der Waals surface area contributed by atoms with Gasteiger partial charge in [0.1, 0.15) is 30.2 Å². The number of rotatable bonds is 4. The summed E-state index contributed by atoms with van der Waals surface area (Å²) in [4.78, 5) is 17.4. The van der Waals surface area contributed by atoms with Gasteiger partial charge in [-0.05, 0) is 0 Å². The zero-order chi connectivity index (χ0) is 15.9. The number of ether oxygens (including phenoxy) is 1. The summed E-state index contributed by atoms with van der Waals surface area (Å²) in [6, 6.07) is 0. The van der Waals surface area contributed by atoms with Crippen molar-refractivity contribution < 1.29 is 19.8 Å². The Morgan fingerprint density at radius 2 is 2.09 bits per heavy atom. The predicted molar refractivity (Wildman–Crippen MR) is 75.3 cm³/mol. The van der Waals surface area contributed by atoms with E-state index in [1.165, 1.54) is 22.3 Å². The van der Waals surface area contributed by atoms with Crippen molar-refractivity contribution >= 4 is 17.0 Å². The predicted octanol–water partition coefficient (Wildman–Crippen LogP) is -1.48. The molecule has 2 aromatic heterocycles. The number of nitrogens with two attached hydrogens (primary N) is 1. The molecule has 0 bridgehead atoms. The van der Waals surface area contributed by atoms with E-state index in [-0.39, 0.29) is 12.4 Å². The summed E-state index contributed by atoms with van der Waals surface area (Å²) >= 11 is 0. The number of nitrogen functional groups attached to an aromatic ring is 1. The summed E-state index contributed by atoms with van der Waals surface area (Å²) < 4.78 is 7.22. The average Bonchev–Trinajstić information content (AvgIpc) is 3.01. The first-order valence-electron chi connectivity index (χ1n) is 6.74. The minimum Gasteiger partial charge on any atom is -0.387 e. The molecule has 0 aliphatic carbocycles. The molecular formula is C12H18N6O4. The Balaban J connectivity index is 1.86. The lowest BCUT2D eigenvalue weighted by Crippen LogP contribution is -2.35. The Hall–Kier alpha value is -1.85. The first kappa shape index (κ1) is 15.1. The highest BCUT2D eigenvalue weighted by Gasteiger charge is 2.44. The molecule has 0 aromatic carbocycles. The summed E-state index contributed by atoms with van der Waals surface area (Å²) in [7, 11) is 3.44. The number of nitrogens with zero attached hydrogens (tertiary/aromatic N) is 5. The first-order chi connectivity index (χ1) is 10.5. The maximum absolute atomic E-state index is 10.2. The van der Waals surface area contributed by atoms with Gasteiger partial charge in [0, 0.05) is 14.1 Å². The van der Waals surface area contributed by atoms with Crippen LogP contribution in [0, 0.1) is 0 Å². The van der Waals surface area contributed by atoms with Crippen LogP contribution in [0.2, 0.25) is 0 Å². The van der Waals surface area contributed by atoms with Crippen molar-refractivity contribution in [3.63, 3.8) is 0 Å². The number of hydrogen-bond acceptors (Lipinski definition) is 9. The maximum Gasteiger partial charge on any atom is 0.167 e. The molecule has 4 N–H and O–H groups in total. The number of hydrogen-bond donors (Lipinski definition) is 3. The molecule has 1 aliphatic heterocycles. The van der Waals surface area contributed by atoms with Crippen LogP contribution in [0.3, 0.4) is 0 Å². The topological polar surface area (TPSA) is 132 Å². The molecule has 0 amide bonds. The molecule has 10 nitrogen and oxygen atoms in total. The van der Waals surface area contributed by atoms with E-state index in [2.05, 4.69) is 15.0 Å². The molecular weight excluding hydrogens is 292 g/mol. The van der Waals surface area contributed by atoms with E-state index in [1.54, 1.807) is 14.1 Å². The van der Waals surface area contributed by atoms with E-state index < -0.39 is 24.5 Å². The van der Waals surface area contributed by atoms with Crippen LogP contribution in [0.25, 0.3) is 11.2 Å². The number of aliphatic hydroxyl groups excluding tert-OH is 2. The van der Waals surface area contributed by atoms with Gasteiger partial charge in [-0.3, -0.25) is 9.40 Å². The zero-order valence-corrected chi connectivity index (χ0v) is 12.2. The second-order valence-electron chi connectivity index (χ2n) is 5.24. The summed E-state index contributed by atoms with van der Waals surface area (Å²) in [5.74, 6) is 0.240. The lowest BCUT2D eigenvalue weighted by atomic mass is 10.1. The van der Waals surface area contributed by atoms with Gasteiger partial charge < -0.3 is 20.7 Å². The number of aromatic nitrogens is 4.